The van der Waals surface area contributed by atoms with Crippen LogP contribution in [0.5, 0.6) is 5.75 Å². The van der Waals surface area contributed by atoms with Gasteiger partial charge in [0.2, 0.25) is 0 Å². The molecule has 0 bridgehead atoms. The summed E-state index contributed by atoms with van der Waals surface area (Å²) in [6.07, 6.45) is 0. The van der Waals surface area contributed by atoms with Crippen molar-refractivity contribution in [2.24, 2.45) is 0 Å². The summed E-state index contributed by atoms with van der Waals surface area (Å²) in [6.45, 7) is 5.94. The molecule has 2 rings (SSSR count). The van der Waals surface area contributed by atoms with Gasteiger partial charge in [-0.2, -0.15) is 0 Å². The van der Waals surface area contributed by atoms with Gasteiger partial charge in [0.05, 0.1) is 7.11 Å². The molecular formula is C17H17IO2. The molecule has 0 spiro atoms. The number of hydrogen-bond acceptors (Lipinski definition) is 2. The second-order valence-corrected chi connectivity index (χ2v) is 5.99. The Kier molecular flexibility index (Phi) is 4.48. The lowest BCUT2D eigenvalue weighted by Crippen LogP contribution is -2.06. The Balaban J connectivity index is 2.52. The van der Waals surface area contributed by atoms with Crippen LogP contribution in [-0.4, -0.2) is 12.9 Å². The van der Waals surface area contributed by atoms with Crippen molar-refractivity contribution in [3.05, 3.63) is 61.7 Å². The number of carbonyl (C=O) groups is 1. The first-order chi connectivity index (χ1) is 9.45. The van der Waals surface area contributed by atoms with Crippen LogP contribution in [0.3, 0.4) is 0 Å². The fraction of sp³-hybridized carbons (Fsp3) is 0.235. The van der Waals surface area contributed by atoms with Crippen molar-refractivity contribution < 1.29 is 9.53 Å². The molecule has 20 heavy (non-hydrogen) atoms. The van der Waals surface area contributed by atoms with Crippen molar-refractivity contribution in [2.45, 2.75) is 20.8 Å². The second kappa shape index (κ2) is 5.95. The first kappa shape index (κ1) is 15.0. The zero-order chi connectivity index (χ0) is 14.9. The highest BCUT2D eigenvalue weighted by Gasteiger charge is 2.16. The summed E-state index contributed by atoms with van der Waals surface area (Å²) in [6, 6.07) is 9.61. The molecule has 0 radical (unpaired) electrons. The third-order valence-electron chi connectivity index (χ3n) is 3.36. The van der Waals surface area contributed by atoms with E-state index >= 15 is 0 Å². The van der Waals surface area contributed by atoms with E-state index in [1.807, 2.05) is 51.1 Å². The maximum atomic E-state index is 12.7. The van der Waals surface area contributed by atoms with Gasteiger partial charge in [0.1, 0.15) is 5.75 Å². The third-order valence-corrected chi connectivity index (χ3v) is 4.79. The average molecular weight is 380 g/mol. The van der Waals surface area contributed by atoms with Gasteiger partial charge in [-0.3, -0.25) is 4.79 Å². The quantitative estimate of drug-likeness (QED) is 0.581. The van der Waals surface area contributed by atoms with E-state index in [1.165, 1.54) is 0 Å². The average Bonchev–Trinajstić information content (AvgIpc) is 2.41. The lowest BCUT2D eigenvalue weighted by atomic mass is 9.98. The Morgan fingerprint density at radius 3 is 2.20 bits per heavy atom. The van der Waals surface area contributed by atoms with Crippen molar-refractivity contribution >= 4 is 28.4 Å². The summed E-state index contributed by atoms with van der Waals surface area (Å²) in [7, 11) is 1.65. The molecule has 0 amide bonds. The van der Waals surface area contributed by atoms with Crippen LogP contribution in [0.15, 0.2) is 30.3 Å². The topological polar surface area (TPSA) is 26.3 Å². The summed E-state index contributed by atoms with van der Waals surface area (Å²) in [4.78, 5) is 12.7. The van der Waals surface area contributed by atoms with Crippen LogP contribution >= 0.6 is 22.6 Å². The maximum absolute atomic E-state index is 12.7. The van der Waals surface area contributed by atoms with Crippen molar-refractivity contribution in [3.8, 4) is 5.75 Å². The number of hydrogen-bond donors (Lipinski definition) is 0. The standard InChI is InChI=1S/C17H17IO2/c1-10-6-5-7-14(15(10)18)16(19)13-8-11(2)17(20-4)12(3)9-13/h5-9H,1-4H3. The molecule has 0 aliphatic rings. The van der Waals surface area contributed by atoms with Gasteiger partial charge in [0.25, 0.3) is 0 Å². The minimum atomic E-state index is 0.0620. The molecule has 0 N–H and O–H groups in total. The predicted molar refractivity (Wildman–Crippen MR) is 89.8 cm³/mol. The van der Waals surface area contributed by atoms with Gasteiger partial charge in [-0.05, 0) is 78.3 Å². The Morgan fingerprint density at radius 1 is 1.05 bits per heavy atom. The van der Waals surface area contributed by atoms with Crippen LogP contribution in [0.1, 0.15) is 32.6 Å². The van der Waals surface area contributed by atoms with Crippen LogP contribution < -0.4 is 4.74 Å². The number of halogens is 1. The Bertz CT molecular complexity index is 652. The fourth-order valence-corrected chi connectivity index (χ4v) is 2.99. The molecule has 0 fully saturated rings. The lowest BCUT2D eigenvalue weighted by Gasteiger charge is -2.12. The largest absolute Gasteiger partial charge is 0.496 e. The highest BCUT2D eigenvalue weighted by Crippen LogP contribution is 2.27. The Morgan fingerprint density at radius 2 is 1.65 bits per heavy atom. The van der Waals surface area contributed by atoms with Gasteiger partial charge in [-0.1, -0.05) is 12.1 Å². The van der Waals surface area contributed by atoms with Crippen LogP contribution in [0.2, 0.25) is 0 Å². The molecule has 2 aromatic rings. The third kappa shape index (κ3) is 2.73. The monoisotopic (exact) mass is 380 g/mol. The zero-order valence-corrected chi connectivity index (χ0v) is 14.2. The number of aryl methyl sites for hydroxylation is 3. The maximum Gasteiger partial charge on any atom is 0.194 e. The van der Waals surface area contributed by atoms with Crippen LogP contribution in [0, 0.1) is 24.3 Å². The first-order valence-corrected chi connectivity index (χ1v) is 7.48. The van der Waals surface area contributed by atoms with E-state index < -0.39 is 0 Å². The van der Waals surface area contributed by atoms with E-state index in [0.29, 0.717) is 5.56 Å². The van der Waals surface area contributed by atoms with Crippen LogP contribution in [-0.2, 0) is 0 Å². The van der Waals surface area contributed by atoms with E-state index in [1.54, 1.807) is 7.11 Å². The molecule has 0 aliphatic heterocycles. The summed E-state index contributed by atoms with van der Waals surface area (Å²) in [5.74, 6) is 0.910. The number of ketones is 1. The second-order valence-electron chi connectivity index (χ2n) is 4.91. The summed E-state index contributed by atoms with van der Waals surface area (Å²) >= 11 is 2.23. The molecule has 0 saturated heterocycles. The molecule has 0 atom stereocenters. The Hall–Kier alpha value is -1.36. The molecule has 104 valence electrons. The van der Waals surface area contributed by atoms with E-state index in [2.05, 4.69) is 22.6 Å². The molecule has 3 heteroatoms. The number of carbonyl (C=O) groups excluding carboxylic acids is 1. The van der Waals surface area contributed by atoms with Crippen molar-refractivity contribution in [2.75, 3.05) is 7.11 Å². The molecular weight excluding hydrogens is 363 g/mol. The van der Waals surface area contributed by atoms with E-state index in [0.717, 1.165) is 31.6 Å². The predicted octanol–water partition coefficient (Wildman–Crippen LogP) is 4.46. The SMILES string of the molecule is COc1c(C)cc(C(=O)c2cccc(C)c2I)cc1C. The minimum Gasteiger partial charge on any atom is -0.496 e. The molecule has 0 heterocycles. The number of benzene rings is 2. The van der Waals surface area contributed by atoms with Crippen LogP contribution in [0.4, 0.5) is 0 Å². The molecule has 2 nitrogen and oxygen atoms in total. The minimum absolute atomic E-state index is 0.0620. The van der Waals surface area contributed by atoms with E-state index in [-0.39, 0.29) is 5.78 Å². The van der Waals surface area contributed by atoms with E-state index in [4.69, 9.17) is 4.74 Å². The molecule has 0 saturated carbocycles. The smallest absolute Gasteiger partial charge is 0.194 e. The van der Waals surface area contributed by atoms with Gasteiger partial charge < -0.3 is 4.74 Å². The normalized spacial score (nSPS) is 10.4. The van der Waals surface area contributed by atoms with Gasteiger partial charge in [0, 0.05) is 14.7 Å². The van der Waals surface area contributed by atoms with Crippen LogP contribution in [0.25, 0.3) is 0 Å². The highest BCUT2D eigenvalue weighted by molar-refractivity contribution is 14.1. The highest BCUT2D eigenvalue weighted by atomic mass is 127. The van der Waals surface area contributed by atoms with Gasteiger partial charge in [-0.25, -0.2) is 0 Å². The Labute approximate surface area is 133 Å². The lowest BCUT2D eigenvalue weighted by molar-refractivity contribution is 0.103. The van der Waals surface area contributed by atoms with Gasteiger partial charge >= 0.3 is 0 Å². The molecule has 2 aromatic carbocycles. The summed E-state index contributed by atoms with van der Waals surface area (Å²) < 4.78 is 6.36. The fourth-order valence-electron chi connectivity index (χ4n) is 2.38. The first-order valence-electron chi connectivity index (χ1n) is 6.40. The molecule has 0 aromatic heterocycles. The number of ether oxygens (including phenoxy) is 1. The summed E-state index contributed by atoms with van der Waals surface area (Å²) in [5, 5.41) is 0. The van der Waals surface area contributed by atoms with Crippen molar-refractivity contribution in [1.82, 2.24) is 0 Å². The number of methoxy groups -OCH3 is 1. The zero-order valence-electron chi connectivity index (χ0n) is 12.1. The van der Waals surface area contributed by atoms with E-state index in [9.17, 15) is 4.79 Å². The summed E-state index contributed by atoms with van der Waals surface area (Å²) in [5.41, 5.74) is 4.56. The number of rotatable bonds is 3. The van der Waals surface area contributed by atoms with Crippen molar-refractivity contribution in [3.63, 3.8) is 0 Å². The molecule has 0 unspecified atom stereocenters. The van der Waals surface area contributed by atoms with Gasteiger partial charge in [-0.15, -0.1) is 0 Å². The molecule has 0 aliphatic carbocycles. The van der Waals surface area contributed by atoms with Gasteiger partial charge in [0.15, 0.2) is 5.78 Å². The van der Waals surface area contributed by atoms with Crippen molar-refractivity contribution in [1.29, 1.82) is 0 Å².